The lowest BCUT2D eigenvalue weighted by Crippen LogP contribution is -2.47. The van der Waals surface area contributed by atoms with E-state index in [1.807, 2.05) is 28.5 Å². The number of nitrogens with one attached hydrogen (secondary N) is 1. The highest BCUT2D eigenvalue weighted by Crippen LogP contribution is 2.32. The van der Waals surface area contributed by atoms with Gasteiger partial charge in [-0.3, -0.25) is 19.6 Å². The van der Waals surface area contributed by atoms with Gasteiger partial charge in [-0.2, -0.15) is 5.10 Å². The lowest BCUT2D eigenvalue weighted by Gasteiger charge is -2.31. The highest BCUT2D eigenvalue weighted by atomic mass is 32.1. The summed E-state index contributed by atoms with van der Waals surface area (Å²) < 4.78 is 0. The Bertz CT molecular complexity index is 969. The average Bonchev–Trinajstić information content (AvgIpc) is 3.43. The first-order valence-electron chi connectivity index (χ1n) is 8.59. The molecule has 2 saturated heterocycles. The van der Waals surface area contributed by atoms with Gasteiger partial charge in [-0.15, -0.1) is 11.3 Å². The molecule has 8 nitrogen and oxygen atoms in total. The Hall–Kier alpha value is -2.78. The molecule has 2 aromatic heterocycles. The molecular formula is C18H19N5O3S. The third-order valence-corrected chi connectivity index (χ3v) is 6.04. The first-order chi connectivity index (χ1) is 13.1. The number of likely N-dealkylation sites (tertiary alicyclic amines) is 2. The van der Waals surface area contributed by atoms with Gasteiger partial charge < -0.3 is 10.0 Å². The smallest absolute Gasteiger partial charge is 0.290 e. The molecule has 3 aromatic rings. The molecule has 9 heteroatoms. The third-order valence-electron chi connectivity index (χ3n) is 5.22. The zero-order valence-electron chi connectivity index (χ0n) is 14.7. The predicted molar refractivity (Wildman–Crippen MR) is 102 cm³/mol. The number of likely N-dealkylation sites (N-methyl/N-ethyl adjacent to an activating group) is 1. The van der Waals surface area contributed by atoms with Gasteiger partial charge in [0.1, 0.15) is 5.01 Å². The second-order valence-corrected chi connectivity index (χ2v) is 7.61. The topological polar surface area (TPSA) is 102 Å². The van der Waals surface area contributed by atoms with Crippen LogP contribution in [0.1, 0.15) is 16.9 Å². The predicted octanol–water partition coefficient (Wildman–Crippen LogP) is 1.92. The van der Waals surface area contributed by atoms with Gasteiger partial charge in [0.15, 0.2) is 5.69 Å². The Morgan fingerprint density at radius 1 is 1.37 bits per heavy atom. The number of aromatic nitrogens is 3. The van der Waals surface area contributed by atoms with Crippen molar-refractivity contribution < 1.29 is 14.7 Å². The van der Waals surface area contributed by atoms with Gasteiger partial charge in [0.2, 0.25) is 0 Å². The van der Waals surface area contributed by atoms with E-state index >= 15 is 0 Å². The van der Waals surface area contributed by atoms with Crippen molar-refractivity contribution in [3.63, 3.8) is 0 Å². The van der Waals surface area contributed by atoms with E-state index in [0.29, 0.717) is 17.8 Å². The number of fused-ring (bicyclic) bond motifs is 3. The molecule has 1 amide bonds. The molecule has 0 aliphatic carbocycles. The highest BCUT2D eigenvalue weighted by molar-refractivity contribution is 7.13. The number of carbonyl (C=O) groups is 2. The second-order valence-electron chi connectivity index (χ2n) is 6.72. The van der Waals surface area contributed by atoms with Crippen molar-refractivity contribution >= 4 is 34.6 Å². The molecule has 2 aliphatic rings. The number of aromatic amines is 1. The summed E-state index contributed by atoms with van der Waals surface area (Å²) >= 11 is 1.59. The van der Waals surface area contributed by atoms with E-state index in [2.05, 4.69) is 27.1 Å². The van der Waals surface area contributed by atoms with Crippen molar-refractivity contribution in [2.75, 3.05) is 20.1 Å². The van der Waals surface area contributed by atoms with Crippen LogP contribution in [0.2, 0.25) is 0 Å². The zero-order valence-corrected chi connectivity index (χ0v) is 15.5. The number of thiazole rings is 1. The van der Waals surface area contributed by atoms with Gasteiger partial charge in [-0.25, -0.2) is 4.98 Å². The highest BCUT2D eigenvalue weighted by Gasteiger charge is 2.44. The Labute approximate surface area is 159 Å². The van der Waals surface area contributed by atoms with Gasteiger partial charge in [-0.1, -0.05) is 0 Å². The van der Waals surface area contributed by atoms with E-state index in [0.717, 1.165) is 41.0 Å². The Balaban J connectivity index is 0.000000565. The number of amides is 1. The summed E-state index contributed by atoms with van der Waals surface area (Å²) in [5.41, 5.74) is 2.44. The largest absolute Gasteiger partial charge is 0.483 e. The Morgan fingerprint density at radius 3 is 2.81 bits per heavy atom. The molecule has 27 heavy (non-hydrogen) atoms. The molecule has 2 bridgehead atoms. The molecule has 0 spiro atoms. The summed E-state index contributed by atoms with van der Waals surface area (Å²) in [7, 11) is 2.14. The van der Waals surface area contributed by atoms with Crippen molar-refractivity contribution in [3.8, 4) is 10.6 Å². The summed E-state index contributed by atoms with van der Waals surface area (Å²) in [5, 5.41) is 18.0. The zero-order chi connectivity index (χ0) is 19.0. The summed E-state index contributed by atoms with van der Waals surface area (Å²) in [6, 6.07) is 6.82. The molecule has 2 N–H and O–H groups in total. The van der Waals surface area contributed by atoms with Crippen LogP contribution in [0.5, 0.6) is 0 Å². The first kappa shape index (κ1) is 17.6. The SMILES string of the molecule is CN1C[C@@H]2C[C@H]1CN2C(=O)c1n[nH]c2ccc(-c3nccs3)cc12.O=CO. The van der Waals surface area contributed by atoms with Gasteiger partial charge in [0, 0.05) is 47.7 Å². The fourth-order valence-corrected chi connectivity index (χ4v) is 4.56. The van der Waals surface area contributed by atoms with Crippen LogP contribution in [0.4, 0.5) is 0 Å². The van der Waals surface area contributed by atoms with E-state index in [4.69, 9.17) is 9.90 Å². The lowest BCUT2D eigenvalue weighted by atomic mass is 10.1. The maximum absolute atomic E-state index is 13.0. The number of H-pyrrole nitrogens is 1. The molecule has 4 heterocycles. The second kappa shape index (κ2) is 7.09. The molecular weight excluding hydrogens is 366 g/mol. The molecule has 2 fully saturated rings. The number of benzene rings is 1. The fourth-order valence-electron chi connectivity index (χ4n) is 3.93. The van der Waals surface area contributed by atoms with Gasteiger partial charge in [-0.05, 0) is 31.7 Å². The Kier molecular flexibility index (Phi) is 4.63. The van der Waals surface area contributed by atoms with Crippen LogP contribution in [0.25, 0.3) is 21.5 Å². The van der Waals surface area contributed by atoms with Crippen LogP contribution < -0.4 is 0 Å². The Morgan fingerprint density at radius 2 is 2.19 bits per heavy atom. The van der Waals surface area contributed by atoms with E-state index in [9.17, 15) is 4.79 Å². The fraction of sp³-hybridized carbons (Fsp3) is 0.333. The third kappa shape index (κ3) is 3.08. The van der Waals surface area contributed by atoms with E-state index in [-0.39, 0.29) is 12.4 Å². The summed E-state index contributed by atoms with van der Waals surface area (Å²) in [6.45, 7) is 1.52. The van der Waals surface area contributed by atoms with Crippen molar-refractivity contribution in [2.24, 2.45) is 0 Å². The molecule has 140 valence electrons. The average molecular weight is 385 g/mol. The standard InChI is InChI=1S/C17H17N5OS.CH2O2/c1-21-8-12-7-11(21)9-22(12)17(23)15-13-6-10(16-18-4-5-24-16)2-3-14(13)19-20-15;2-1-3/h2-6,11-12H,7-9H2,1H3,(H,19,20);1H,(H,2,3)/t11-,12-;/m0./s1. The normalized spacial score (nSPS) is 21.3. The lowest BCUT2D eigenvalue weighted by molar-refractivity contribution is -0.122. The van der Waals surface area contributed by atoms with Gasteiger partial charge >= 0.3 is 0 Å². The van der Waals surface area contributed by atoms with E-state index in [1.165, 1.54) is 0 Å². The number of carboxylic acid groups (broad SMARTS) is 1. The minimum Gasteiger partial charge on any atom is -0.483 e. The molecule has 5 rings (SSSR count). The van der Waals surface area contributed by atoms with Crippen molar-refractivity contribution in [1.82, 2.24) is 25.0 Å². The van der Waals surface area contributed by atoms with Crippen molar-refractivity contribution in [3.05, 3.63) is 35.5 Å². The van der Waals surface area contributed by atoms with Gasteiger partial charge in [0.05, 0.1) is 5.52 Å². The molecule has 2 atom stereocenters. The van der Waals surface area contributed by atoms with Crippen LogP contribution in [0.3, 0.4) is 0 Å². The van der Waals surface area contributed by atoms with Gasteiger partial charge in [0.25, 0.3) is 12.4 Å². The van der Waals surface area contributed by atoms with Crippen LogP contribution in [-0.4, -0.2) is 74.7 Å². The van der Waals surface area contributed by atoms with Crippen molar-refractivity contribution in [2.45, 2.75) is 18.5 Å². The molecule has 2 aliphatic heterocycles. The minimum atomic E-state index is -0.250. The number of piperazine rings is 1. The number of rotatable bonds is 2. The number of hydrogen-bond donors (Lipinski definition) is 2. The van der Waals surface area contributed by atoms with E-state index < -0.39 is 0 Å². The molecule has 0 unspecified atom stereocenters. The van der Waals surface area contributed by atoms with E-state index in [1.54, 1.807) is 17.5 Å². The first-order valence-corrected chi connectivity index (χ1v) is 9.47. The van der Waals surface area contributed by atoms with Crippen LogP contribution >= 0.6 is 11.3 Å². The monoisotopic (exact) mass is 385 g/mol. The number of carbonyl (C=O) groups excluding carboxylic acids is 1. The number of hydrogen-bond acceptors (Lipinski definition) is 6. The molecule has 1 aromatic carbocycles. The van der Waals surface area contributed by atoms with Crippen molar-refractivity contribution in [1.29, 1.82) is 0 Å². The minimum absolute atomic E-state index is 0.0399. The summed E-state index contributed by atoms with van der Waals surface area (Å²) in [4.78, 5) is 30.1. The van der Waals surface area contributed by atoms with Crippen LogP contribution in [0.15, 0.2) is 29.8 Å². The number of nitrogens with zero attached hydrogens (tertiary/aromatic N) is 4. The van der Waals surface area contributed by atoms with Crippen LogP contribution in [-0.2, 0) is 4.79 Å². The molecule has 0 saturated carbocycles. The maximum Gasteiger partial charge on any atom is 0.290 e. The quantitative estimate of drug-likeness (QED) is 0.654. The maximum atomic E-state index is 13.0. The molecule has 0 radical (unpaired) electrons. The summed E-state index contributed by atoms with van der Waals surface area (Å²) in [6.07, 6.45) is 2.87. The van der Waals surface area contributed by atoms with Crippen LogP contribution in [0, 0.1) is 0 Å². The summed E-state index contributed by atoms with van der Waals surface area (Å²) in [5.74, 6) is 0.0399.